The van der Waals surface area contributed by atoms with Crippen LogP contribution in [-0.2, 0) is 0 Å². The van der Waals surface area contributed by atoms with Gasteiger partial charge in [-0.05, 0) is 19.1 Å². The molecule has 0 bridgehead atoms. The van der Waals surface area contributed by atoms with Crippen molar-refractivity contribution in [2.24, 2.45) is 0 Å². The summed E-state index contributed by atoms with van der Waals surface area (Å²) in [6.45, 7) is 2.43. The van der Waals surface area contributed by atoms with E-state index in [1.165, 1.54) is 11.3 Å². The van der Waals surface area contributed by atoms with Gasteiger partial charge < -0.3 is 15.8 Å². The third-order valence-electron chi connectivity index (χ3n) is 2.19. The van der Waals surface area contributed by atoms with E-state index in [1.807, 2.05) is 19.1 Å². The lowest BCUT2D eigenvalue weighted by Crippen LogP contribution is -2.13. The SMILES string of the molecule is CCOc1ccccc1NC(=O)c1csc(N)n1. The highest BCUT2D eigenvalue weighted by molar-refractivity contribution is 7.13. The van der Waals surface area contributed by atoms with E-state index in [0.717, 1.165) is 0 Å². The number of nitrogens with zero attached hydrogens (tertiary/aromatic N) is 1. The van der Waals surface area contributed by atoms with Crippen LogP contribution in [0.15, 0.2) is 29.6 Å². The molecule has 2 rings (SSSR count). The molecule has 1 aromatic carbocycles. The molecule has 18 heavy (non-hydrogen) atoms. The highest BCUT2D eigenvalue weighted by atomic mass is 32.1. The zero-order chi connectivity index (χ0) is 13.0. The van der Waals surface area contributed by atoms with E-state index < -0.39 is 0 Å². The molecular weight excluding hydrogens is 250 g/mol. The minimum Gasteiger partial charge on any atom is -0.492 e. The smallest absolute Gasteiger partial charge is 0.275 e. The Kier molecular flexibility index (Phi) is 3.78. The summed E-state index contributed by atoms with van der Waals surface area (Å²) in [5.41, 5.74) is 6.42. The first kappa shape index (κ1) is 12.4. The maximum atomic E-state index is 11.9. The number of thiazole rings is 1. The van der Waals surface area contributed by atoms with Gasteiger partial charge >= 0.3 is 0 Å². The van der Waals surface area contributed by atoms with Gasteiger partial charge in [-0.1, -0.05) is 12.1 Å². The fourth-order valence-electron chi connectivity index (χ4n) is 1.43. The molecule has 0 fully saturated rings. The molecule has 2 aromatic rings. The number of nitrogens with one attached hydrogen (secondary N) is 1. The van der Waals surface area contributed by atoms with E-state index in [9.17, 15) is 4.79 Å². The molecule has 3 N–H and O–H groups in total. The molecular formula is C12H13N3O2S. The first-order valence-corrected chi connectivity index (χ1v) is 6.33. The quantitative estimate of drug-likeness (QED) is 0.887. The minimum absolute atomic E-state index is 0.296. The van der Waals surface area contributed by atoms with E-state index >= 15 is 0 Å². The van der Waals surface area contributed by atoms with E-state index in [1.54, 1.807) is 17.5 Å². The summed E-state index contributed by atoms with van der Waals surface area (Å²) in [6.07, 6.45) is 0. The molecule has 6 heteroatoms. The van der Waals surface area contributed by atoms with Crippen molar-refractivity contribution in [3.05, 3.63) is 35.3 Å². The lowest BCUT2D eigenvalue weighted by molar-refractivity contribution is 0.102. The van der Waals surface area contributed by atoms with Crippen molar-refractivity contribution >= 4 is 28.1 Å². The van der Waals surface area contributed by atoms with Crippen molar-refractivity contribution in [3.8, 4) is 5.75 Å². The van der Waals surface area contributed by atoms with Gasteiger partial charge in [-0.2, -0.15) is 0 Å². The van der Waals surface area contributed by atoms with Crippen molar-refractivity contribution in [3.63, 3.8) is 0 Å². The van der Waals surface area contributed by atoms with Crippen molar-refractivity contribution in [2.45, 2.75) is 6.92 Å². The molecule has 1 heterocycles. The Labute approximate surface area is 109 Å². The number of amides is 1. The summed E-state index contributed by atoms with van der Waals surface area (Å²) in [6, 6.07) is 7.25. The average molecular weight is 263 g/mol. The van der Waals surface area contributed by atoms with Crippen molar-refractivity contribution < 1.29 is 9.53 Å². The second-order valence-electron chi connectivity index (χ2n) is 3.45. The van der Waals surface area contributed by atoms with Gasteiger partial charge in [0, 0.05) is 5.38 Å². The molecule has 0 saturated carbocycles. The Hall–Kier alpha value is -2.08. The third kappa shape index (κ3) is 2.78. The van der Waals surface area contributed by atoms with E-state index in [4.69, 9.17) is 10.5 Å². The molecule has 1 aromatic heterocycles. The monoisotopic (exact) mass is 263 g/mol. The van der Waals surface area contributed by atoms with Gasteiger partial charge in [0.2, 0.25) is 0 Å². The topological polar surface area (TPSA) is 77.2 Å². The summed E-state index contributed by atoms with van der Waals surface area (Å²) in [4.78, 5) is 15.8. The number of para-hydroxylation sites is 2. The fraction of sp³-hybridized carbons (Fsp3) is 0.167. The zero-order valence-corrected chi connectivity index (χ0v) is 10.7. The predicted octanol–water partition coefficient (Wildman–Crippen LogP) is 2.38. The van der Waals surface area contributed by atoms with Crippen molar-refractivity contribution in [2.75, 3.05) is 17.7 Å². The fourth-order valence-corrected chi connectivity index (χ4v) is 1.97. The molecule has 94 valence electrons. The Balaban J connectivity index is 2.16. The number of rotatable bonds is 4. The summed E-state index contributed by atoms with van der Waals surface area (Å²) in [5, 5.41) is 4.74. The van der Waals surface area contributed by atoms with E-state index in [-0.39, 0.29) is 5.91 Å². The van der Waals surface area contributed by atoms with Crippen LogP contribution in [-0.4, -0.2) is 17.5 Å². The van der Waals surface area contributed by atoms with Crippen molar-refractivity contribution in [1.29, 1.82) is 0 Å². The van der Waals surface area contributed by atoms with Crippen LogP contribution in [0.4, 0.5) is 10.8 Å². The summed E-state index contributed by atoms with van der Waals surface area (Å²) in [5.74, 6) is 0.339. The van der Waals surface area contributed by atoms with Gasteiger partial charge in [0.15, 0.2) is 5.13 Å². The average Bonchev–Trinajstić information content (AvgIpc) is 2.79. The summed E-state index contributed by atoms with van der Waals surface area (Å²) in [7, 11) is 0. The third-order valence-corrected chi connectivity index (χ3v) is 2.86. The molecule has 1 amide bonds. The van der Waals surface area contributed by atoms with Crippen LogP contribution in [0.2, 0.25) is 0 Å². The first-order valence-electron chi connectivity index (χ1n) is 5.45. The number of nitrogens with two attached hydrogens (primary N) is 1. The van der Waals surface area contributed by atoms with Crippen LogP contribution >= 0.6 is 11.3 Å². The number of carbonyl (C=O) groups excluding carboxylic acids is 1. The number of aromatic nitrogens is 1. The van der Waals surface area contributed by atoms with Gasteiger partial charge in [-0.15, -0.1) is 11.3 Å². The Bertz CT molecular complexity index is 554. The Morgan fingerprint density at radius 3 is 2.94 bits per heavy atom. The predicted molar refractivity (Wildman–Crippen MR) is 72.1 cm³/mol. The molecule has 0 aliphatic rings. The van der Waals surface area contributed by atoms with E-state index in [2.05, 4.69) is 10.3 Å². The number of ether oxygens (including phenoxy) is 1. The van der Waals surface area contributed by atoms with Crippen LogP contribution < -0.4 is 15.8 Å². The van der Waals surface area contributed by atoms with Crippen LogP contribution in [0.1, 0.15) is 17.4 Å². The standard InChI is InChI=1S/C12H13N3O2S/c1-2-17-10-6-4-3-5-8(10)14-11(16)9-7-18-12(13)15-9/h3-7H,2H2,1H3,(H2,13,15)(H,14,16). The molecule has 0 aliphatic heterocycles. The largest absolute Gasteiger partial charge is 0.492 e. The lowest BCUT2D eigenvalue weighted by Gasteiger charge is -2.10. The highest BCUT2D eigenvalue weighted by Crippen LogP contribution is 2.24. The van der Waals surface area contributed by atoms with Gasteiger partial charge in [-0.25, -0.2) is 4.98 Å². The van der Waals surface area contributed by atoms with E-state index in [0.29, 0.717) is 28.9 Å². The number of nitrogen functional groups attached to an aromatic ring is 1. The minimum atomic E-state index is -0.296. The normalized spacial score (nSPS) is 10.1. The summed E-state index contributed by atoms with van der Waals surface area (Å²) < 4.78 is 5.42. The summed E-state index contributed by atoms with van der Waals surface area (Å²) >= 11 is 1.23. The molecule has 0 atom stereocenters. The van der Waals surface area contributed by atoms with Crippen LogP contribution in [0.25, 0.3) is 0 Å². The molecule has 0 aliphatic carbocycles. The number of benzene rings is 1. The van der Waals surface area contributed by atoms with Crippen molar-refractivity contribution in [1.82, 2.24) is 4.98 Å². The number of hydrogen-bond acceptors (Lipinski definition) is 5. The Morgan fingerprint density at radius 1 is 1.50 bits per heavy atom. The lowest BCUT2D eigenvalue weighted by atomic mass is 10.3. The molecule has 0 radical (unpaired) electrons. The second-order valence-corrected chi connectivity index (χ2v) is 4.34. The molecule has 0 spiro atoms. The number of anilines is 2. The molecule has 0 saturated heterocycles. The second kappa shape index (κ2) is 5.50. The maximum absolute atomic E-state index is 11.9. The van der Waals surface area contributed by atoms with Gasteiger partial charge in [0.1, 0.15) is 11.4 Å². The van der Waals surface area contributed by atoms with Gasteiger partial charge in [-0.3, -0.25) is 4.79 Å². The zero-order valence-electron chi connectivity index (χ0n) is 9.84. The van der Waals surface area contributed by atoms with Crippen LogP contribution in [0.3, 0.4) is 0 Å². The van der Waals surface area contributed by atoms with Crippen LogP contribution in [0, 0.1) is 0 Å². The van der Waals surface area contributed by atoms with Gasteiger partial charge in [0.25, 0.3) is 5.91 Å². The maximum Gasteiger partial charge on any atom is 0.275 e. The number of hydrogen-bond donors (Lipinski definition) is 2. The Morgan fingerprint density at radius 2 is 2.28 bits per heavy atom. The molecule has 0 unspecified atom stereocenters. The first-order chi connectivity index (χ1) is 8.70. The number of carbonyl (C=O) groups is 1. The highest BCUT2D eigenvalue weighted by Gasteiger charge is 2.12. The van der Waals surface area contributed by atoms with Gasteiger partial charge in [0.05, 0.1) is 12.3 Å². The molecule has 5 nitrogen and oxygen atoms in total. The van der Waals surface area contributed by atoms with Crippen LogP contribution in [0.5, 0.6) is 5.75 Å².